The van der Waals surface area contributed by atoms with E-state index in [1.165, 1.54) is 12.1 Å². The molecule has 0 aliphatic carbocycles. The van der Waals surface area contributed by atoms with Gasteiger partial charge >= 0.3 is 5.97 Å². The monoisotopic (exact) mass is 329 g/mol. The molecule has 3 atom stereocenters. The smallest absolute Gasteiger partial charge is 0.321 e. The van der Waals surface area contributed by atoms with Crippen molar-refractivity contribution in [1.29, 1.82) is 0 Å². The molecule has 19 heavy (non-hydrogen) atoms. The highest BCUT2D eigenvalue weighted by Crippen LogP contribution is 2.35. The second-order valence-electron chi connectivity index (χ2n) is 5.13. The van der Waals surface area contributed by atoms with Crippen molar-refractivity contribution >= 4 is 21.9 Å². The summed E-state index contributed by atoms with van der Waals surface area (Å²) in [7, 11) is 0. The minimum Gasteiger partial charge on any atom is -0.480 e. The summed E-state index contributed by atoms with van der Waals surface area (Å²) in [4.78, 5) is 13.4. The second-order valence-corrected chi connectivity index (χ2v) is 5.98. The summed E-state index contributed by atoms with van der Waals surface area (Å²) < 4.78 is 13.8. The Morgan fingerprint density at radius 1 is 1.58 bits per heavy atom. The van der Waals surface area contributed by atoms with Gasteiger partial charge in [0.1, 0.15) is 11.9 Å². The van der Waals surface area contributed by atoms with Gasteiger partial charge in [0.05, 0.1) is 0 Å². The summed E-state index contributed by atoms with van der Waals surface area (Å²) in [6, 6.07) is 4.02. The molecule has 1 aliphatic heterocycles. The number of nitrogens with zero attached hydrogens (tertiary/aromatic N) is 1. The molecule has 3 nitrogen and oxygen atoms in total. The SMILES string of the molecule is CC1CCN(C(C)c2ccc(F)cc2Br)C1C(=O)O. The maximum atomic E-state index is 13.1. The van der Waals surface area contributed by atoms with E-state index in [1.807, 2.05) is 18.7 Å². The van der Waals surface area contributed by atoms with E-state index in [-0.39, 0.29) is 17.8 Å². The summed E-state index contributed by atoms with van der Waals surface area (Å²) in [6.07, 6.45) is 0.875. The molecule has 0 amide bonds. The van der Waals surface area contributed by atoms with E-state index in [2.05, 4.69) is 15.9 Å². The molecule has 5 heteroatoms. The molecule has 0 spiro atoms. The van der Waals surface area contributed by atoms with E-state index < -0.39 is 12.0 Å². The molecule has 3 unspecified atom stereocenters. The third-order valence-corrected chi connectivity index (χ3v) is 4.59. The van der Waals surface area contributed by atoms with Gasteiger partial charge in [-0.2, -0.15) is 0 Å². The van der Waals surface area contributed by atoms with Crippen LogP contribution in [0.1, 0.15) is 31.9 Å². The fourth-order valence-corrected chi connectivity index (χ4v) is 3.50. The summed E-state index contributed by atoms with van der Waals surface area (Å²) in [5, 5.41) is 9.35. The van der Waals surface area contributed by atoms with Crippen LogP contribution in [-0.4, -0.2) is 28.6 Å². The molecule has 0 saturated carbocycles. The minimum atomic E-state index is -0.782. The predicted molar refractivity (Wildman–Crippen MR) is 74.4 cm³/mol. The Balaban J connectivity index is 2.28. The molecular formula is C14H17BrFNO2. The van der Waals surface area contributed by atoms with E-state index >= 15 is 0 Å². The zero-order valence-electron chi connectivity index (χ0n) is 10.9. The van der Waals surface area contributed by atoms with E-state index in [9.17, 15) is 14.3 Å². The lowest BCUT2D eigenvalue weighted by Gasteiger charge is -2.30. The van der Waals surface area contributed by atoms with Crippen molar-refractivity contribution in [3.8, 4) is 0 Å². The number of carboxylic acids is 1. The number of benzene rings is 1. The third-order valence-electron chi connectivity index (χ3n) is 3.90. The Labute approximate surface area is 120 Å². The van der Waals surface area contributed by atoms with Crippen LogP contribution in [0.5, 0.6) is 0 Å². The highest BCUT2D eigenvalue weighted by Gasteiger charge is 2.39. The van der Waals surface area contributed by atoms with Crippen molar-refractivity contribution in [2.45, 2.75) is 32.4 Å². The number of likely N-dealkylation sites (tertiary alicyclic amines) is 1. The molecule has 1 aliphatic rings. The van der Waals surface area contributed by atoms with Crippen molar-refractivity contribution < 1.29 is 14.3 Å². The van der Waals surface area contributed by atoms with Crippen LogP contribution in [-0.2, 0) is 4.79 Å². The summed E-state index contributed by atoms with van der Waals surface area (Å²) in [5.41, 5.74) is 0.918. The fraction of sp³-hybridized carbons (Fsp3) is 0.500. The number of carbonyl (C=O) groups is 1. The van der Waals surface area contributed by atoms with Gasteiger partial charge < -0.3 is 5.11 Å². The molecule has 1 fully saturated rings. The number of hydrogen-bond donors (Lipinski definition) is 1. The zero-order valence-corrected chi connectivity index (χ0v) is 12.5. The van der Waals surface area contributed by atoms with Crippen LogP contribution in [0.15, 0.2) is 22.7 Å². The number of halogens is 2. The van der Waals surface area contributed by atoms with Crippen molar-refractivity contribution in [2.24, 2.45) is 5.92 Å². The van der Waals surface area contributed by atoms with Gasteiger partial charge in [0.25, 0.3) is 0 Å². The number of aliphatic carboxylic acids is 1. The van der Waals surface area contributed by atoms with Crippen molar-refractivity contribution in [3.63, 3.8) is 0 Å². The van der Waals surface area contributed by atoms with Crippen molar-refractivity contribution in [3.05, 3.63) is 34.1 Å². The van der Waals surface area contributed by atoms with Crippen LogP contribution in [0.4, 0.5) is 4.39 Å². The first-order valence-corrected chi connectivity index (χ1v) is 7.14. The minimum absolute atomic E-state index is 0.0546. The standard InChI is InChI=1S/C14H17BrFNO2/c1-8-5-6-17(13(8)14(18)19)9(2)11-4-3-10(16)7-12(11)15/h3-4,7-9,13H,5-6H2,1-2H3,(H,18,19). The molecule has 1 aromatic carbocycles. The maximum absolute atomic E-state index is 13.1. The van der Waals surface area contributed by atoms with Gasteiger partial charge in [-0.1, -0.05) is 28.9 Å². The zero-order chi connectivity index (χ0) is 14.2. The van der Waals surface area contributed by atoms with Crippen molar-refractivity contribution in [2.75, 3.05) is 6.54 Å². The molecule has 2 rings (SSSR count). The van der Waals surface area contributed by atoms with E-state index in [1.54, 1.807) is 6.07 Å². The van der Waals surface area contributed by atoms with Crippen LogP contribution in [0.25, 0.3) is 0 Å². The molecule has 0 bridgehead atoms. The molecule has 0 aromatic heterocycles. The first-order chi connectivity index (χ1) is 8.91. The predicted octanol–water partition coefficient (Wildman–Crippen LogP) is 3.44. The number of carboxylic acid groups (broad SMARTS) is 1. The van der Waals surface area contributed by atoms with Gasteiger partial charge in [0, 0.05) is 10.5 Å². The van der Waals surface area contributed by atoms with Crippen LogP contribution in [0.2, 0.25) is 0 Å². The third kappa shape index (κ3) is 2.82. The lowest BCUT2D eigenvalue weighted by Crippen LogP contribution is -2.40. The molecule has 1 aromatic rings. The maximum Gasteiger partial charge on any atom is 0.321 e. The molecule has 104 valence electrons. The Bertz CT molecular complexity index is 494. The van der Waals surface area contributed by atoms with Crippen LogP contribution in [0, 0.1) is 11.7 Å². The Hall–Kier alpha value is -0.940. The van der Waals surface area contributed by atoms with Crippen LogP contribution < -0.4 is 0 Å². The van der Waals surface area contributed by atoms with E-state index in [0.29, 0.717) is 4.47 Å². The second kappa shape index (κ2) is 5.59. The van der Waals surface area contributed by atoms with E-state index in [0.717, 1.165) is 18.5 Å². The van der Waals surface area contributed by atoms with Crippen LogP contribution >= 0.6 is 15.9 Å². The number of hydrogen-bond acceptors (Lipinski definition) is 2. The summed E-state index contributed by atoms with van der Waals surface area (Å²) in [5.74, 6) is -0.943. The van der Waals surface area contributed by atoms with Gasteiger partial charge in [-0.15, -0.1) is 0 Å². The average molecular weight is 330 g/mol. The largest absolute Gasteiger partial charge is 0.480 e. The molecular weight excluding hydrogens is 313 g/mol. The highest BCUT2D eigenvalue weighted by molar-refractivity contribution is 9.10. The summed E-state index contributed by atoms with van der Waals surface area (Å²) in [6.45, 7) is 4.68. The van der Waals surface area contributed by atoms with Gasteiger partial charge in [-0.3, -0.25) is 9.69 Å². The first-order valence-electron chi connectivity index (χ1n) is 6.35. The lowest BCUT2D eigenvalue weighted by atomic mass is 10.0. The topological polar surface area (TPSA) is 40.5 Å². The van der Waals surface area contributed by atoms with Crippen LogP contribution in [0.3, 0.4) is 0 Å². The quantitative estimate of drug-likeness (QED) is 0.923. The molecule has 1 N–H and O–H groups in total. The summed E-state index contributed by atoms with van der Waals surface area (Å²) >= 11 is 3.35. The normalized spacial score (nSPS) is 25.5. The fourth-order valence-electron chi connectivity index (χ4n) is 2.82. The Morgan fingerprint density at radius 2 is 2.26 bits per heavy atom. The Morgan fingerprint density at radius 3 is 2.84 bits per heavy atom. The lowest BCUT2D eigenvalue weighted by molar-refractivity contribution is -0.144. The van der Waals surface area contributed by atoms with Gasteiger partial charge in [0.2, 0.25) is 0 Å². The first kappa shape index (κ1) is 14.5. The van der Waals surface area contributed by atoms with Crippen molar-refractivity contribution in [1.82, 2.24) is 4.90 Å². The van der Waals surface area contributed by atoms with Gasteiger partial charge in [0.15, 0.2) is 0 Å². The molecule has 1 saturated heterocycles. The van der Waals surface area contributed by atoms with E-state index in [4.69, 9.17) is 0 Å². The number of rotatable bonds is 3. The molecule has 0 radical (unpaired) electrons. The Kier molecular flexibility index (Phi) is 4.26. The average Bonchev–Trinajstić information content (AvgIpc) is 2.70. The highest BCUT2D eigenvalue weighted by atomic mass is 79.9. The molecule has 1 heterocycles. The van der Waals surface area contributed by atoms with Gasteiger partial charge in [-0.05, 0) is 43.5 Å². The van der Waals surface area contributed by atoms with Gasteiger partial charge in [-0.25, -0.2) is 4.39 Å².